The summed E-state index contributed by atoms with van der Waals surface area (Å²) in [7, 11) is -1.96. The van der Waals surface area contributed by atoms with Crippen LogP contribution in [0.4, 0.5) is 0 Å². The van der Waals surface area contributed by atoms with Gasteiger partial charge >= 0.3 is 0 Å². The Hall–Kier alpha value is -0.620. The molecule has 1 aromatic carbocycles. The van der Waals surface area contributed by atoms with Crippen LogP contribution in [0, 0.1) is 5.41 Å². The molecule has 1 aromatic rings. The minimum Gasteiger partial charge on any atom is -0.330 e. The molecule has 6 heteroatoms. The summed E-state index contributed by atoms with van der Waals surface area (Å²) >= 11 is 5.81. The van der Waals surface area contributed by atoms with Crippen molar-refractivity contribution < 1.29 is 8.42 Å². The molecule has 0 aromatic heterocycles. The highest BCUT2D eigenvalue weighted by Gasteiger charge is 2.27. The minimum absolute atomic E-state index is 0.199. The molecular formula is C12H19ClN2O2S. The van der Waals surface area contributed by atoms with Gasteiger partial charge in [0.2, 0.25) is 10.0 Å². The number of nitrogens with two attached hydrogens (primary N) is 1. The third-order valence-electron chi connectivity index (χ3n) is 2.71. The molecule has 0 aliphatic rings. The minimum atomic E-state index is -3.51. The second-order valence-electron chi connectivity index (χ2n) is 5.09. The Kier molecular flexibility index (Phi) is 4.78. The van der Waals surface area contributed by atoms with Crippen LogP contribution in [0.15, 0.2) is 29.2 Å². The maximum Gasteiger partial charge on any atom is 0.242 e. The third-order valence-corrected chi connectivity index (χ3v) is 4.74. The number of halogens is 1. The molecule has 102 valence electrons. The molecule has 0 atom stereocenters. The van der Waals surface area contributed by atoms with E-state index in [1.807, 2.05) is 13.8 Å². The molecule has 0 saturated heterocycles. The molecular weight excluding hydrogens is 272 g/mol. The van der Waals surface area contributed by atoms with Crippen molar-refractivity contribution in [1.82, 2.24) is 4.31 Å². The number of nitrogens with zero attached hydrogens (tertiary/aromatic N) is 1. The summed E-state index contributed by atoms with van der Waals surface area (Å²) in [5, 5.41) is 0.405. The molecule has 0 unspecified atom stereocenters. The summed E-state index contributed by atoms with van der Waals surface area (Å²) in [6.45, 7) is 4.63. The highest BCUT2D eigenvalue weighted by Crippen LogP contribution is 2.22. The molecule has 2 N–H and O–H groups in total. The van der Waals surface area contributed by atoms with E-state index in [1.54, 1.807) is 19.2 Å². The topological polar surface area (TPSA) is 63.4 Å². The van der Waals surface area contributed by atoms with Gasteiger partial charge in [-0.2, -0.15) is 0 Å². The van der Waals surface area contributed by atoms with E-state index in [1.165, 1.54) is 16.4 Å². The molecule has 0 radical (unpaired) electrons. The molecule has 0 bridgehead atoms. The van der Waals surface area contributed by atoms with Crippen LogP contribution in [0.25, 0.3) is 0 Å². The molecule has 0 aliphatic carbocycles. The zero-order chi connectivity index (χ0) is 14.0. The smallest absolute Gasteiger partial charge is 0.242 e. The van der Waals surface area contributed by atoms with Crippen molar-refractivity contribution in [3.8, 4) is 0 Å². The first-order valence-corrected chi connectivity index (χ1v) is 7.43. The quantitative estimate of drug-likeness (QED) is 0.901. The van der Waals surface area contributed by atoms with Crippen LogP contribution in [0.2, 0.25) is 5.02 Å². The van der Waals surface area contributed by atoms with Gasteiger partial charge in [0, 0.05) is 18.6 Å². The van der Waals surface area contributed by atoms with Crippen LogP contribution in [0.5, 0.6) is 0 Å². The normalized spacial score (nSPS) is 13.0. The largest absolute Gasteiger partial charge is 0.330 e. The van der Waals surface area contributed by atoms with Gasteiger partial charge in [0.15, 0.2) is 0 Å². The Morgan fingerprint density at radius 3 is 2.50 bits per heavy atom. The number of sulfonamides is 1. The standard InChI is InChI=1S/C12H19ClN2O2S/c1-12(2,8-14)9-15(3)18(16,17)11-6-4-5-10(13)7-11/h4-7H,8-9,14H2,1-3H3. The van der Waals surface area contributed by atoms with Gasteiger partial charge in [0.25, 0.3) is 0 Å². The Morgan fingerprint density at radius 2 is 2.00 bits per heavy atom. The zero-order valence-corrected chi connectivity index (χ0v) is 12.4. The van der Waals surface area contributed by atoms with Crippen LogP contribution in [0.1, 0.15) is 13.8 Å². The maximum atomic E-state index is 12.3. The number of hydrogen-bond acceptors (Lipinski definition) is 3. The number of hydrogen-bond donors (Lipinski definition) is 1. The number of benzene rings is 1. The van der Waals surface area contributed by atoms with Gasteiger partial charge < -0.3 is 5.73 Å². The van der Waals surface area contributed by atoms with Gasteiger partial charge in [-0.05, 0) is 30.2 Å². The Morgan fingerprint density at radius 1 is 1.39 bits per heavy atom. The van der Waals surface area contributed by atoms with Crippen LogP contribution in [0.3, 0.4) is 0 Å². The van der Waals surface area contributed by atoms with Crippen molar-refractivity contribution in [2.24, 2.45) is 11.1 Å². The van der Waals surface area contributed by atoms with Crippen LogP contribution in [-0.2, 0) is 10.0 Å². The fraction of sp³-hybridized carbons (Fsp3) is 0.500. The van der Waals surface area contributed by atoms with Gasteiger partial charge in [-0.25, -0.2) is 12.7 Å². The van der Waals surface area contributed by atoms with Crippen molar-refractivity contribution in [2.45, 2.75) is 18.7 Å². The maximum absolute atomic E-state index is 12.3. The van der Waals surface area contributed by atoms with Crippen LogP contribution >= 0.6 is 11.6 Å². The predicted molar refractivity (Wildman–Crippen MR) is 74.1 cm³/mol. The second kappa shape index (κ2) is 5.57. The lowest BCUT2D eigenvalue weighted by Crippen LogP contribution is -2.39. The van der Waals surface area contributed by atoms with E-state index in [2.05, 4.69) is 0 Å². The van der Waals surface area contributed by atoms with Crippen molar-refractivity contribution in [3.05, 3.63) is 29.3 Å². The highest BCUT2D eigenvalue weighted by molar-refractivity contribution is 7.89. The van der Waals surface area contributed by atoms with Gasteiger partial charge in [0.1, 0.15) is 0 Å². The number of rotatable bonds is 5. The lowest BCUT2D eigenvalue weighted by Gasteiger charge is -2.28. The summed E-state index contributed by atoms with van der Waals surface area (Å²) in [6.07, 6.45) is 0. The molecule has 0 fully saturated rings. The summed E-state index contributed by atoms with van der Waals surface area (Å²) in [5.74, 6) is 0. The molecule has 0 amide bonds. The van der Waals surface area contributed by atoms with Gasteiger partial charge in [-0.15, -0.1) is 0 Å². The first kappa shape index (κ1) is 15.4. The summed E-state index contributed by atoms with van der Waals surface area (Å²) in [6, 6.07) is 6.25. The molecule has 18 heavy (non-hydrogen) atoms. The average molecular weight is 291 g/mol. The van der Waals surface area contributed by atoms with Crippen molar-refractivity contribution in [2.75, 3.05) is 20.1 Å². The first-order chi connectivity index (χ1) is 8.19. The van der Waals surface area contributed by atoms with E-state index < -0.39 is 10.0 Å². The molecule has 4 nitrogen and oxygen atoms in total. The zero-order valence-electron chi connectivity index (χ0n) is 10.9. The van der Waals surface area contributed by atoms with Gasteiger partial charge in [0.05, 0.1) is 4.90 Å². The van der Waals surface area contributed by atoms with Crippen LogP contribution < -0.4 is 5.73 Å². The average Bonchev–Trinajstić information content (AvgIpc) is 2.28. The van der Waals surface area contributed by atoms with Crippen molar-refractivity contribution in [1.29, 1.82) is 0 Å². The lowest BCUT2D eigenvalue weighted by atomic mass is 9.94. The fourth-order valence-electron chi connectivity index (χ4n) is 1.56. The van der Waals surface area contributed by atoms with Crippen molar-refractivity contribution in [3.63, 3.8) is 0 Å². The third kappa shape index (κ3) is 3.68. The molecule has 0 heterocycles. The summed E-state index contributed by atoms with van der Waals surface area (Å²) < 4.78 is 25.9. The lowest BCUT2D eigenvalue weighted by molar-refractivity contribution is 0.292. The van der Waals surface area contributed by atoms with Crippen LogP contribution in [-0.4, -0.2) is 32.9 Å². The monoisotopic (exact) mass is 290 g/mol. The van der Waals surface area contributed by atoms with E-state index in [9.17, 15) is 8.42 Å². The van der Waals surface area contributed by atoms with E-state index in [0.29, 0.717) is 18.1 Å². The van der Waals surface area contributed by atoms with E-state index in [4.69, 9.17) is 17.3 Å². The summed E-state index contributed by atoms with van der Waals surface area (Å²) in [5.41, 5.74) is 5.35. The Labute approximate surface area is 114 Å². The molecule has 0 spiro atoms. The predicted octanol–water partition coefficient (Wildman–Crippen LogP) is 1.95. The SMILES string of the molecule is CN(CC(C)(C)CN)S(=O)(=O)c1cccc(Cl)c1. The molecule has 0 aliphatic heterocycles. The molecule has 0 saturated carbocycles. The Bertz CT molecular complexity index is 515. The van der Waals surface area contributed by atoms with Gasteiger partial charge in [-0.3, -0.25) is 0 Å². The van der Waals surface area contributed by atoms with Gasteiger partial charge in [-0.1, -0.05) is 31.5 Å². The van der Waals surface area contributed by atoms with Crippen molar-refractivity contribution >= 4 is 21.6 Å². The van der Waals surface area contributed by atoms with E-state index >= 15 is 0 Å². The van der Waals surface area contributed by atoms with E-state index in [-0.39, 0.29) is 10.3 Å². The summed E-state index contributed by atoms with van der Waals surface area (Å²) in [4.78, 5) is 0.199. The second-order valence-corrected chi connectivity index (χ2v) is 7.57. The first-order valence-electron chi connectivity index (χ1n) is 5.61. The Balaban J connectivity index is 3.01. The molecule has 1 rings (SSSR count). The fourth-order valence-corrected chi connectivity index (χ4v) is 3.22. The van der Waals surface area contributed by atoms with E-state index in [0.717, 1.165) is 0 Å². The highest BCUT2D eigenvalue weighted by atomic mass is 35.5.